The largest absolute Gasteiger partial charge is 0.493 e. The first kappa shape index (κ1) is 17.0. The Morgan fingerprint density at radius 2 is 1.88 bits per heavy atom. The number of amides is 2. The third kappa shape index (κ3) is 4.09. The van der Waals surface area contributed by atoms with Crippen molar-refractivity contribution in [3.05, 3.63) is 51.9 Å². The zero-order chi connectivity index (χ0) is 17.5. The van der Waals surface area contributed by atoms with E-state index in [-0.39, 0.29) is 11.3 Å². The molecule has 9 heteroatoms. The fourth-order valence-electron chi connectivity index (χ4n) is 1.80. The third-order valence-corrected chi connectivity index (χ3v) is 2.93. The molecular formula is C15H16N4O5. The number of rotatable bonds is 5. The van der Waals surface area contributed by atoms with E-state index in [0.717, 1.165) is 6.07 Å². The number of nitrogens with one attached hydrogen (secondary N) is 3. The third-order valence-electron chi connectivity index (χ3n) is 2.93. The van der Waals surface area contributed by atoms with Crippen LogP contribution in [-0.4, -0.2) is 35.7 Å². The number of carbonyl (C=O) groups is 2. The fourth-order valence-corrected chi connectivity index (χ4v) is 1.80. The van der Waals surface area contributed by atoms with Gasteiger partial charge < -0.3 is 9.47 Å². The minimum atomic E-state index is -0.669. The summed E-state index contributed by atoms with van der Waals surface area (Å²) in [7, 11) is 1.46. The van der Waals surface area contributed by atoms with Crippen LogP contribution in [0, 0.1) is 0 Å². The van der Waals surface area contributed by atoms with Gasteiger partial charge in [0, 0.05) is 11.6 Å². The van der Waals surface area contributed by atoms with Gasteiger partial charge >= 0.3 is 0 Å². The van der Waals surface area contributed by atoms with Crippen molar-refractivity contribution in [2.45, 2.75) is 6.92 Å². The molecule has 0 unspecified atom stereocenters. The Morgan fingerprint density at radius 1 is 1.12 bits per heavy atom. The normalized spacial score (nSPS) is 9.92. The van der Waals surface area contributed by atoms with Crippen molar-refractivity contribution in [3.8, 4) is 11.5 Å². The lowest BCUT2D eigenvalue weighted by Gasteiger charge is -2.11. The first-order valence-electron chi connectivity index (χ1n) is 7.02. The highest BCUT2D eigenvalue weighted by Crippen LogP contribution is 2.27. The highest BCUT2D eigenvalue weighted by Gasteiger charge is 2.13. The Hall–Kier alpha value is -3.36. The Bertz CT molecular complexity index is 782. The molecule has 2 rings (SSSR count). The van der Waals surface area contributed by atoms with Crippen molar-refractivity contribution in [1.82, 2.24) is 21.0 Å². The molecule has 2 aromatic rings. The molecule has 0 aliphatic carbocycles. The number of H-pyrrole nitrogens is 1. The van der Waals surface area contributed by atoms with Crippen LogP contribution in [0.2, 0.25) is 0 Å². The lowest BCUT2D eigenvalue weighted by Crippen LogP contribution is -2.42. The van der Waals surface area contributed by atoms with E-state index in [2.05, 4.69) is 21.0 Å². The molecular weight excluding hydrogens is 316 g/mol. The summed E-state index contributed by atoms with van der Waals surface area (Å²) in [5, 5.41) is 5.67. The molecule has 9 nitrogen and oxygen atoms in total. The number of methoxy groups -OCH3 is 1. The van der Waals surface area contributed by atoms with Crippen molar-refractivity contribution in [2.24, 2.45) is 0 Å². The van der Waals surface area contributed by atoms with Gasteiger partial charge in [0.25, 0.3) is 17.4 Å². The Morgan fingerprint density at radius 3 is 2.50 bits per heavy atom. The molecule has 0 saturated carbocycles. The van der Waals surface area contributed by atoms with Gasteiger partial charge in [-0.05, 0) is 31.2 Å². The van der Waals surface area contributed by atoms with Crippen LogP contribution in [0.5, 0.6) is 11.5 Å². The second-order valence-corrected chi connectivity index (χ2v) is 4.51. The van der Waals surface area contributed by atoms with Crippen molar-refractivity contribution < 1.29 is 19.1 Å². The van der Waals surface area contributed by atoms with E-state index in [1.54, 1.807) is 6.07 Å². The maximum absolute atomic E-state index is 12.1. The Kier molecular flexibility index (Phi) is 5.50. The van der Waals surface area contributed by atoms with E-state index < -0.39 is 17.4 Å². The van der Waals surface area contributed by atoms with E-state index in [4.69, 9.17) is 9.47 Å². The molecule has 0 radical (unpaired) electrons. The predicted molar refractivity (Wildman–Crippen MR) is 84.0 cm³/mol. The smallest absolute Gasteiger partial charge is 0.290 e. The maximum Gasteiger partial charge on any atom is 0.290 e. The van der Waals surface area contributed by atoms with Crippen molar-refractivity contribution in [3.63, 3.8) is 0 Å². The second-order valence-electron chi connectivity index (χ2n) is 4.51. The molecule has 2 amide bonds. The number of hydrogen-bond acceptors (Lipinski definition) is 6. The molecule has 3 N–H and O–H groups in total. The second kappa shape index (κ2) is 7.77. The van der Waals surface area contributed by atoms with Gasteiger partial charge in [-0.3, -0.25) is 25.2 Å². The molecule has 0 fully saturated rings. The van der Waals surface area contributed by atoms with E-state index in [1.165, 1.54) is 25.3 Å². The number of hydrazine groups is 1. The molecule has 0 saturated heterocycles. The summed E-state index contributed by atoms with van der Waals surface area (Å²) in [4.78, 5) is 34.8. The molecule has 126 valence electrons. The molecule has 0 aliphatic heterocycles. The summed E-state index contributed by atoms with van der Waals surface area (Å²) >= 11 is 0. The summed E-state index contributed by atoms with van der Waals surface area (Å²) < 4.78 is 10.5. The minimum absolute atomic E-state index is 0.0424. The molecule has 0 atom stereocenters. The van der Waals surface area contributed by atoms with Crippen LogP contribution in [0.25, 0.3) is 0 Å². The summed E-state index contributed by atoms with van der Waals surface area (Å²) in [6.45, 7) is 2.30. The van der Waals surface area contributed by atoms with Gasteiger partial charge in [-0.15, -0.1) is 0 Å². The van der Waals surface area contributed by atoms with E-state index in [1.807, 2.05) is 6.92 Å². The number of hydrogen-bond donors (Lipinski definition) is 3. The molecule has 1 aromatic heterocycles. The number of benzene rings is 1. The highest BCUT2D eigenvalue weighted by atomic mass is 16.5. The Balaban J connectivity index is 2.03. The SMILES string of the molecule is CCOc1ccc(C(=O)NNC(=O)c2ccc(=O)[nH]n2)cc1OC. The summed E-state index contributed by atoms with van der Waals surface area (Å²) in [5.41, 5.74) is 4.24. The highest BCUT2D eigenvalue weighted by molar-refractivity contribution is 5.98. The lowest BCUT2D eigenvalue weighted by molar-refractivity contribution is 0.0843. The van der Waals surface area contributed by atoms with Gasteiger partial charge in [0.05, 0.1) is 13.7 Å². The lowest BCUT2D eigenvalue weighted by atomic mass is 10.2. The number of carbonyl (C=O) groups excluding carboxylic acids is 2. The topological polar surface area (TPSA) is 122 Å². The molecule has 0 bridgehead atoms. The van der Waals surface area contributed by atoms with Crippen molar-refractivity contribution in [2.75, 3.05) is 13.7 Å². The van der Waals surface area contributed by atoms with Crippen LogP contribution < -0.4 is 25.9 Å². The van der Waals surface area contributed by atoms with Gasteiger partial charge in [0.15, 0.2) is 17.2 Å². The van der Waals surface area contributed by atoms with Crippen molar-refractivity contribution >= 4 is 11.8 Å². The van der Waals surface area contributed by atoms with E-state index in [0.29, 0.717) is 18.1 Å². The van der Waals surface area contributed by atoms with Crippen LogP contribution in [0.4, 0.5) is 0 Å². The average Bonchev–Trinajstić information content (AvgIpc) is 2.60. The minimum Gasteiger partial charge on any atom is -0.493 e. The standard InChI is InChI=1S/C15H16N4O5/c1-3-24-11-6-4-9(8-12(11)23-2)14(21)18-19-15(22)10-5-7-13(20)17-16-10/h4-8H,3H2,1-2H3,(H,17,20)(H,18,21)(H,19,22). The maximum atomic E-state index is 12.1. The fraction of sp³-hybridized carbons (Fsp3) is 0.200. The summed E-state index contributed by atoms with van der Waals surface area (Å²) in [6, 6.07) is 7.02. The monoisotopic (exact) mass is 332 g/mol. The zero-order valence-corrected chi connectivity index (χ0v) is 13.1. The van der Waals surface area contributed by atoms with Crippen LogP contribution in [0.15, 0.2) is 35.1 Å². The number of ether oxygens (including phenoxy) is 2. The van der Waals surface area contributed by atoms with E-state index >= 15 is 0 Å². The first-order chi connectivity index (χ1) is 11.5. The molecule has 24 heavy (non-hydrogen) atoms. The van der Waals surface area contributed by atoms with Gasteiger partial charge in [-0.25, -0.2) is 5.10 Å². The molecule has 1 heterocycles. The van der Waals surface area contributed by atoms with Crippen LogP contribution in [0.1, 0.15) is 27.8 Å². The number of nitrogens with zero attached hydrogens (tertiary/aromatic N) is 1. The zero-order valence-electron chi connectivity index (χ0n) is 13.1. The molecule has 1 aromatic carbocycles. The number of aromatic amines is 1. The van der Waals surface area contributed by atoms with Crippen molar-refractivity contribution in [1.29, 1.82) is 0 Å². The van der Waals surface area contributed by atoms with Gasteiger partial charge in [0.1, 0.15) is 0 Å². The predicted octanol–water partition coefficient (Wildman–Crippen LogP) is 0.252. The van der Waals surface area contributed by atoms with E-state index in [9.17, 15) is 14.4 Å². The first-order valence-corrected chi connectivity index (χ1v) is 7.02. The van der Waals surface area contributed by atoms with Crippen LogP contribution >= 0.6 is 0 Å². The van der Waals surface area contributed by atoms with Crippen LogP contribution in [0.3, 0.4) is 0 Å². The average molecular weight is 332 g/mol. The summed E-state index contributed by atoms with van der Waals surface area (Å²) in [6.07, 6.45) is 0. The van der Waals surface area contributed by atoms with Gasteiger partial charge in [-0.2, -0.15) is 5.10 Å². The van der Waals surface area contributed by atoms with Gasteiger partial charge in [0.2, 0.25) is 0 Å². The van der Waals surface area contributed by atoms with Gasteiger partial charge in [-0.1, -0.05) is 0 Å². The Labute approximate surface area is 137 Å². The van der Waals surface area contributed by atoms with Crippen LogP contribution in [-0.2, 0) is 0 Å². The summed E-state index contributed by atoms with van der Waals surface area (Å²) in [5.74, 6) is -0.303. The number of aromatic nitrogens is 2. The quantitative estimate of drug-likeness (QED) is 0.675. The molecule has 0 aliphatic rings. The molecule has 0 spiro atoms.